The molecule has 0 saturated carbocycles. The Balaban J connectivity index is 0. The van der Waals surface area contributed by atoms with Crippen LogP contribution < -0.4 is 5.32 Å². The highest BCUT2D eigenvalue weighted by atomic mass is 35.5. The second kappa shape index (κ2) is 19.2. The lowest BCUT2D eigenvalue weighted by Gasteiger charge is -2.19. The van der Waals surface area contributed by atoms with E-state index < -0.39 is 6.10 Å². The fourth-order valence-electron chi connectivity index (χ4n) is 1.90. The van der Waals surface area contributed by atoms with Crippen molar-refractivity contribution in [3.63, 3.8) is 0 Å². The first kappa shape index (κ1) is 27.7. The van der Waals surface area contributed by atoms with E-state index in [4.69, 9.17) is 27.9 Å². The van der Waals surface area contributed by atoms with Crippen LogP contribution in [0.5, 0.6) is 0 Å². The number of alkyl halides is 1. The van der Waals surface area contributed by atoms with Crippen LogP contribution in [0.25, 0.3) is 0 Å². The van der Waals surface area contributed by atoms with Crippen LogP contribution >= 0.6 is 23.2 Å². The van der Waals surface area contributed by atoms with E-state index in [1.165, 1.54) is 6.08 Å². The first-order chi connectivity index (χ1) is 13.0. The summed E-state index contributed by atoms with van der Waals surface area (Å²) in [5.74, 6) is 0.484. The average molecular weight is 420 g/mol. The van der Waals surface area contributed by atoms with E-state index in [1.807, 2.05) is 33.8 Å². The zero-order valence-electron chi connectivity index (χ0n) is 16.9. The van der Waals surface area contributed by atoms with Gasteiger partial charge in [0.25, 0.3) is 5.91 Å². The second-order valence-electron chi connectivity index (χ2n) is 5.13. The lowest BCUT2D eigenvalue weighted by molar-refractivity contribution is -0.130. The third-order valence-corrected chi connectivity index (χ3v) is 3.41. The number of carbonyl (C=O) groups excluding carboxylic acids is 1. The molecule has 0 aliphatic rings. The number of rotatable bonds is 11. The fraction of sp³-hybridized carbons (Fsp3) is 0.476. The standard InChI is InChI=1S/C19H26Cl2FNO2.C2H6/c1-4-8-16(10-7-13-22)14-23-19(24)18(9-5-2)25-17(15(3)21)11-6-12-20;1-2/h4,6-8,10-11,13,18H,5,9,12,14H2,1-3H3,(H,23,24);1-2H3/b8-4-,11-6-,13-7+,16-10+,17-15-;. The first-order valence-electron chi connectivity index (χ1n) is 9.11. The van der Waals surface area contributed by atoms with E-state index in [9.17, 15) is 9.18 Å². The van der Waals surface area contributed by atoms with Gasteiger partial charge in [-0.3, -0.25) is 4.79 Å². The molecule has 0 aromatic carbocycles. The van der Waals surface area contributed by atoms with Crippen LogP contribution in [-0.2, 0) is 9.53 Å². The van der Waals surface area contributed by atoms with Crippen molar-refractivity contribution in [3.8, 4) is 0 Å². The first-order valence-corrected chi connectivity index (χ1v) is 10.0. The third kappa shape index (κ3) is 14.2. The van der Waals surface area contributed by atoms with Gasteiger partial charge in [-0.05, 0) is 38.0 Å². The molecule has 0 aromatic heterocycles. The minimum absolute atomic E-state index is 0.254. The van der Waals surface area contributed by atoms with Crippen molar-refractivity contribution in [2.45, 2.75) is 53.6 Å². The number of amides is 1. The highest BCUT2D eigenvalue weighted by molar-refractivity contribution is 6.29. The number of halogens is 3. The van der Waals surface area contributed by atoms with Crippen molar-refractivity contribution in [2.75, 3.05) is 12.4 Å². The summed E-state index contributed by atoms with van der Waals surface area (Å²) in [6.07, 6.45) is 10.9. The molecular weight excluding hydrogens is 388 g/mol. The van der Waals surface area contributed by atoms with E-state index in [1.54, 1.807) is 31.2 Å². The predicted octanol–water partition coefficient (Wildman–Crippen LogP) is 6.57. The second-order valence-corrected chi connectivity index (χ2v) is 6.00. The molecule has 0 aliphatic heterocycles. The van der Waals surface area contributed by atoms with Gasteiger partial charge in [-0.15, -0.1) is 11.6 Å². The van der Waals surface area contributed by atoms with Crippen molar-refractivity contribution in [1.82, 2.24) is 5.32 Å². The molecule has 1 unspecified atom stereocenters. The Hall–Kier alpha value is -1.52. The van der Waals surface area contributed by atoms with Crippen molar-refractivity contribution < 1.29 is 13.9 Å². The summed E-state index contributed by atoms with van der Waals surface area (Å²) in [7, 11) is 0. The summed E-state index contributed by atoms with van der Waals surface area (Å²) in [5, 5.41) is 3.25. The molecule has 1 amide bonds. The van der Waals surface area contributed by atoms with Crippen LogP contribution in [0.15, 0.2) is 59.2 Å². The molecule has 27 heavy (non-hydrogen) atoms. The van der Waals surface area contributed by atoms with Crippen LogP contribution in [0.4, 0.5) is 4.39 Å². The molecule has 6 heteroatoms. The Morgan fingerprint density at radius 1 is 1.30 bits per heavy atom. The van der Waals surface area contributed by atoms with Gasteiger partial charge in [-0.1, -0.05) is 63.1 Å². The average Bonchev–Trinajstić information content (AvgIpc) is 2.67. The van der Waals surface area contributed by atoms with Gasteiger partial charge in [0.2, 0.25) is 0 Å². The molecule has 0 saturated heterocycles. The Bertz CT molecular complexity index is 548. The number of carbonyl (C=O) groups is 1. The number of allylic oxidation sites excluding steroid dienone is 6. The zero-order chi connectivity index (χ0) is 21.1. The zero-order valence-corrected chi connectivity index (χ0v) is 18.4. The van der Waals surface area contributed by atoms with Crippen molar-refractivity contribution in [2.24, 2.45) is 0 Å². The molecule has 3 nitrogen and oxygen atoms in total. The minimum atomic E-state index is -0.669. The van der Waals surface area contributed by atoms with Gasteiger partial charge in [-0.2, -0.15) is 0 Å². The number of ether oxygens (including phenoxy) is 1. The van der Waals surface area contributed by atoms with E-state index >= 15 is 0 Å². The molecule has 0 radical (unpaired) electrons. The summed E-state index contributed by atoms with van der Waals surface area (Å²) in [6, 6.07) is 0. The van der Waals surface area contributed by atoms with Gasteiger partial charge in [-0.25, -0.2) is 4.39 Å². The van der Waals surface area contributed by atoms with Gasteiger partial charge < -0.3 is 10.1 Å². The number of hydrogen-bond acceptors (Lipinski definition) is 2. The summed E-state index contributed by atoms with van der Waals surface area (Å²) >= 11 is 11.7. The molecular formula is C21H32Cl2FNO2. The largest absolute Gasteiger partial charge is 0.479 e. The molecule has 0 spiro atoms. The van der Waals surface area contributed by atoms with E-state index in [2.05, 4.69) is 5.32 Å². The van der Waals surface area contributed by atoms with Gasteiger partial charge in [0, 0.05) is 12.4 Å². The monoisotopic (exact) mass is 419 g/mol. The maximum absolute atomic E-state index is 12.5. The molecule has 0 aromatic rings. The van der Waals surface area contributed by atoms with Gasteiger partial charge in [0.05, 0.1) is 11.4 Å². The highest BCUT2D eigenvalue weighted by Crippen LogP contribution is 2.17. The summed E-state index contributed by atoms with van der Waals surface area (Å²) in [5.41, 5.74) is 0.770. The highest BCUT2D eigenvalue weighted by Gasteiger charge is 2.20. The molecule has 0 aliphatic carbocycles. The maximum Gasteiger partial charge on any atom is 0.261 e. The van der Waals surface area contributed by atoms with Crippen LogP contribution in [0.3, 0.4) is 0 Å². The molecule has 154 valence electrons. The Morgan fingerprint density at radius 3 is 2.44 bits per heavy atom. The van der Waals surface area contributed by atoms with Crippen LogP contribution in [-0.4, -0.2) is 24.4 Å². The van der Waals surface area contributed by atoms with Crippen molar-refractivity contribution in [1.29, 1.82) is 0 Å². The van der Waals surface area contributed by atoms with Crippen LogP contribution in [0.1, 0.15) is 47.5 Å². The maximum atomic E-state index is 12.5. The molecule has 0 fully saturated rings. The minimum Gasteiger partial charge on any atom is -0.479 e. The lowest BCUT2D eigenvalue weighted by Crippen LogP contribution is -2.37. The quantitative estimate of drug-likeness (QED) is 0.233. The Kier molecular flexibility index (Phi) is 19.7. The SMILES string of the molecule is CC.C\C=C/C(=C\C=C\F)CNC(=O)C(CCC)OC(/C=C\CCl)=C(/C)Cl. The normalized spacial score (nSPS) is 14.1. The molecule has 1 atom stereocenters. The van der Waals surface area contributed by atoms with Gasteiger partial charge in [0.15, 0.2) is 6.10 Å². The third-order valence-electron chi connectivity index (χ3n) is 3.04. The summed E-state index contributed by atoms with van der Waals surface area (Å²) < 4.78 is 17.9. The summed E-state index contributed by atoms with van der Waals surface area (Å²) in [6.45, 7) is 9.77. The number of hydrogen-bond donors (Lipinski definition) is 1. The van der Waals surface area contributed by atoms with Gasteiger partial charge >= 0.3 is 0 Å². The molecule has 1 N–H and O–H groups in total. The van der Waals surface area contributed by atoms with E-state index in [0.717, 1.165) is 12.0 Å². The molecule has 0 rings (SSSR count). The van der Waals surface area contributed by atoms with E-state index in [0.29, 0.717) is 29.4 Å². The lowest BCUT2D eigenvalue weighted by atomic mass is 10.1. The van der Waals surface area contributed by atoms with Crippen molar-refractivity contribution >= 4 is 29.1 Å². The Morgan fingerprint density at radius 2 is 1.96 bits per heavy atom. The van der Waals surface area contributed by atoms with Crippen LogP contribution in [0, 0.1) is 0 Å². The van der Waals surface area contributed by atoms with E-state index in [-0.39, 0.29) is 12.5 Å². The topological polar surface area (TPSA) is 38.3 Å². The van der Waals surface area contributed by atoms with Crippen LogP contribution in [0.2, 0.25) is 0 Å². The summed E-state index contributed by atoms with van der Waals surface area (Å²) in [4.78, 5) is 12.5. The predicted molar refractivity (Wildman–Crippen MR) is 116 cm³/mol. The van der Waals surface area contributed by atoms with Gasteiger partial charge in [0.1, 0.15) is 5.76 Å². The molecule has 0 heterocycles. The smallest absolute Gasteiger partial charge is 0.261 e. The number of nitrogens with one attached hydrogen (secondary N) is 1. The Labute approximate surface area is 173 Å². The molecule has 0 bridgehead atoms. The van der Waals surface area contributed by atoms with Crippen molar-refractivity contribution in [3.05, 3.63) is 59.2 Å². The fourth-order valence-corrected chi connectivity index (χ4v) is 2.09.